The van der Waals surface area contributed by atoms with E-state index < -0.39 is 21.7 Å². The second-order valence-electron chi connectivity index (χ2n) is 8.33. The van der Waals surface area contributed by atoms with Crippen molar-refractivity contribution in [3.05, 3.63) is 146 Å². The third kappa shape index (κ3) is 7.24. The molecule has 0 spiro atoms. The van der Waals surface area contributed by atoms with Crippen LogP contribution in [0.2, 0.25) is 0 Å². The first-order valence-electron chi connectivity index (χ1n) is 11.8. The van der Waals surface area contributed by atoms with Crippen LogP contribution in [0, 0.1) is 32.1 Å². The number of hydrogen-bond donors (Lipinski definition) is 2. The van der Waals surface area contributed by atoms with E-state index in [0.717, 1.165) is 5.56 Å². The monoisotopic (exact) mass is 532 g/mol. The van der Waals surface area contributed by atoms with Crippen molar-refractivity contribution in [1.82, 2.24) is 0 Å². The average molecular weight is 533 g/mol. The van der Waals surface area contributed by atoms with Gasteiger partial charge < -0.3 is 10.6 Å². The Morgan fingerprint density at radius 3 is 1.77 bits per heavy atom. The lowest BCUT2D eigenvalue weighted by Crippen LogP contribution is -2.12. The van der Waals surface area contributed by atoms with Gasteiger partial charge in [0.25, 0.3) is 23.2 Å². The highest BCUT2D eigenvalue weighted by Gasteiger charge is 2.13. The second kappa shape index (κ2) is 12.4. The highest BCUT2D eigenvalue weighted by atomic mass is 16.6. The van der Waals surface area contributed by atoms with Gasteiger partial charge in [0.2, 0.25) is 0 Å². The molecule has 0 atom stereocenters. The zero-order chi connectivity index (χ0) is 28.5. The Morgan fingerprint density at radius 2 is 1.20 bits per heavy atom. The van der Waals surface area contributed by atoms with Crippen LogP contribution < -0.4 is 10.6 Å². The van der Waals surface area contributed by atoms with Gasteiger partial charge in [0.1, 0.15) is 0 Å². The van der Waals surface area contributed by atoms with Gasteiger partial charge in [0.05, 0.1) is 9.85 Å². The van der Waals surface area contributed by atoms with Crippen molar-refractivity contribution in [1.29, 1.82) is 0 Å². The molecule has 0 fully saturated rings. The van der Waals surface area contributed by atoms with Gasteiger partial charge >= 0.3 is 0 Å². The van der Waals surface area contributed by atoms with Crippen LogP contribution in [-0.2, 0) is 0 Å². The maximum Gasteiger partial charge on any atom is 0.270 e. The number of anilines is 2. The number of carbonyl (C=O) groups excluding carboxylic acids is 2. The number of allylic oxidation sites excluding steroid dienone is 1. The van der Waals surface area contributed by atoms with Gasteiger partial charge in [0, 0.05) is 52.3 Å². The second-order valence-corrected chi connectivity index (χ2v) is 8.33. The molecule has 4 rings (SSSR count). The van der Waals surface area contributed by atoms with Gasteiger partial charge in [-0.2, -0.15) is 0 Å². The number of carbonyl (C=O) groups is 2. The summed E-state index contributed by atoms with van der Waals surface area (Å²) in [6, 6.07) is 24.8. The molecule has 40 heavy (non-hydrogen) atoms. The first-order chi connectivity index (χ1) is 19.3. The summed E-state index contributed by atoms with van der Waals surface area (Å²) in [5.74, 6) is 4.94. The maximum absolute atomic E-state index is 12.5. The van der Waals surface area contributed by atoms with Crippen LogP contribution in [0.3, 0.4) is 0 Å². The minimum absolute atomic E-state index is 0.164. The van der Waals surface area contributed by atoms with Crippen LogP contribution in [0.4, 0.5) is 22.7 Å². The molecule has 0 bridgehead atoms. The van der Waals surface area contributed by atoms with Crippen molar-refractivity contribution < 1.29 is 19.4 Å². The minimum Gasteiger partial charge on any atom is -0.322 e. The van der Waals surface area contributed by atoms with E-state index in [9.17, 15) is 29.8 Å². The summed E-state index contributed by atoms with van der Waals surface area (Å²) in [7, 11) is 0. The predicted molar refractivity (Wildman–Crippen MR) is 151 cm³/mol. The summed E-state index contributed by atoms with van der Waals surface area (Å²) in [4.78, 5) is 45.8. The van der Waals surface area contributed by atoms with Gasteiger partial charge in [0.15, 0.2) is 0 Å². The molecule has 10 heteroatoms. The van der Waals surface area contributed by atoms with Gasteiger partial charge in [-0.05, 0) is 60.2 Å². The van der Waals surface area contributed by atoms with Crippen molar-refractivity contribution in [2.45, 2.75) is 0 Å². The van der Waals surface area contributed by atoms with E-state index in [4.69, 9.17) is 0 Å². The van der Waals surface area contributed by atoms with E-state index in [-0.39, 0.29) is 22.5 Å². The molecule has 0 aliphatic heterocycles. The molecule has 0 heterocycles. The number of non-ortho nitro benzene ring substituents is 2. The highest BCUT2D eigenvalue weighted by molar-refractivity contribution is 6.05. The molecule has 0 saturated heterocycles. The highest BCUT2D eigenvalue weighted by Crippen LogP contribution is 2.18. The summed E-state index contributed by atoms with van der Waals surface area (Å²) in [5.41, 5.74) is 2.40. The molecule has 10 nitrogen and oxygen atoms in total. The molecule has 0 aliphatic carbocycles. The third-order valence-electron chi connectivity index (χ3n) is 5.48. The summed E-state index contributed by atoms with van der Waals surface area (Å²) >= 11 is 0. The van der Waals surface area contributed by atoms with Crippen molar-refractivity contribution >= 4 is 40.6 Å². The van der Waals surface area contributed by atoms with Crippen LogP contribution in [-0.4, -0.2) is 21.7 Å². The smallest absolute Gasteiger partial charge is 0.270 e. The van der Waals surface area contributed by atoms with E-state index in [1.165, 1.54) is 48.5 Å². The Balaban J connectivity index is 1.39. The standard InChI is InChI=1S/C30H20N4O6/c35-29(23-11-5-15-27(19-23)33(37)38)31-25-13-3-9-21(17-25)7-1-2-8-22-10-4-14-26(18-22)32-30(36)24-12-6-16-28(20-24)34(39)40/h1,3-7,9-20H,(H,31,35)(H,32,36). The van der Waals surface area contributed by atoms with Crippen LogP contribution in [0.15, 0.2) is 103 Å². The fourth-order valence-electron chi connectivity index (χ4n) is 3.59. The summed E-state index contributed by atoms with van der Waals surface area (Å²) < 4.78 is 0. The Labute approximate surface area is 228 Å². The van der Waals surface area contributed by atoms with Crippen molar-refractivity contribution in [3.63, 3.8) is 0 Å². The number of nitrogens with one attached hydrogen (secondary N) is 2. The zero-order valence-electron chi connectivity index (χ0n) is 20.7. The summed E-state index contributed by atoms with van der Waals surface area (Å²) in [6.45, 7) is 0. The number of nitro groups is 2. The fraction of sp³-hybridized carbons (Fsp3) is 0. The van der Waals surface area contributed by atoms with Crippen molar-refractivity contribution in [3.8, 4) is 11.8 Å². The lowest BCUT2D eigenvalue weighted by Gasteiger charge is -2.06. The minimum atomic E-state index is -0.562. The average Bonchev–Trinajstić information content (AvgIpc) is 2.96. The predicted octanol–water partition coefficient (Wildman–Crippen LogP) is 6.07. The van der Waals surface area contributed by atoms with E-state index in [2.05, 4.69) is 22.5 Å². The largest absolute Gasteiger partial charge is 0.322 e. The SMILES string of the molecule is O=C(Nc1cccc(C#CC=Cc2cccc(NC(=O)c3cccc([N+](=O)[O-])c3)c2)c1)c1cccc([N+](=O)[O-])c1. The summed E-state index contributed by atoms with van der Waals surface area (Å²) in [6.07, 6.45) is 3.39. The molecular formula is C30H20N4O6. The van der Waals surface area contributed by atoms with Crippen molar-refractivity contribution in [2.24, 2.45) is 0 Å². The molecule has 2 amide bonds. The lowest BCUT2D eigenvalue weighted by molar-refractivity contribution is -0.385. The number of amides is 2. The Bertz CT molecular complexity index is 1720. The number of nitrogens with zero attached hydrogens (tertiary/aromatic N) is 2. The first-order valence-corrected chi connectivity index (χ1v) is 11.8. The van der Waals surface area contributed by atoms with Gasteiger partial charge in [-0.3, -0.25) is 29.8 Å². The molecule has 0 radical (unpaired) electrons. The molecule has 0 saturated carbocycles. The fourth-order valence-corrected chi connectivity index (χ4v) is 3.59. The van der Waals surface area contributed by atoms with Gasteiger partial charge in [-0.25, -0.2) is 0 Å². The topological polar surface area (TPSA) is 144 Å². The third-order valence-corrected chi connectivity index (χ3v) is 5.48. The summed E-state index contributed by atoms with van der Waals surface area (Å²) in [5, 5.41) is 27.3. The first kappa shape index (κ1) is 27.0. The number of hydrogen-bond acceptors (Lipinski definition) is 6. The van der Waals surface area contributed by atoms with Crippen LogP contribution in [0.5, 0.6) is 0 Å². The van der Waals surface area contributed by atoms with E-state index >= 15 is 0 Å². The van der Waals surface area contributed by atoms with E-state index in [0.29, 0.717) is 16.9 Å². The molecule has 0 aliphatic rings. The molecule has 4 aromatic rings. The molecule has 0 aromatic heterocycles. The van der Waals surface area contributed by atoms with E-state index in [1.54, 1.807) is 54.6 Å². The van der Waals surface area contributed by atoms with E-state index in [1.807, 2.05) is 6.07 Å². The van der Waals surface area contributed by atoms with Crippen molar-refractivity contribution in [2.75, 3.05) is 10.6 Å². The lowest BCUT2D eigenvalue weighted by atomic mass is 10.1. The Kier molecular flexibility index (Phi) is 8.39. The quantitative estimate of drug-likeness (QED) is 0.168. The molecule has 2 N–H and O–H groups in total. The molecule has 4 aromatic carbocycles. The molecular weight excluding hydrogens is 512 g/mol. The van der Waals surface area contributed by atoms with Gasteiger partial charge in [-0.1, -0.05) is 42.2 Å². The number of nitro benzene ring substituents is 2. The maximum atomic E-state index is 12.5. The van der Waals surface area contributed by atoms with Gasteiger partial charge in [-0.15, -0.1) is 0 Å². The zero-order valence-corrected chi connectivity index (χ0v) is 20.7. The normalized spacial score (nSPS) is 10.3. The molecule has 196 valence electrons. The Hall–Kier alpha value is -6.08. The van der Waals surface area contributed by atoms with Crippen LogP contribution >= 0.6 is 0 Å². The number of benzene rings is 4. The van der Waals surface area contributed by atoms with Crippen LogP contribution in [0.1, 0.15) is 31.8 Å². The Morgan fingerprint density at radius 1 is 0.675 bits per heavy atom. The number of rotatable bonds is 7. The van der Waals surface area contributed by atoms with Crippen LogP contribution in [0.25, 0.3) is 6.08 Å². The molecule has 0 unspecified atom stereocenters.